The third-order valence-electron chi connectivity index (χ3n) is 4.73. The van der Waals surface area contributed by atoms with Gasteiger partial charge in [0.2, 0.25) is 0 Å². The van der Waals surface area contributed by atoms with E-state index in [0.717, 1.165) is 17.7 Å². The molecule has 0 N–H and O–H groups in total. The number of Topliss-reactive ketones (excluding diaryl/α,β-unsaturated/α-hetero) is 1. The fourth-order valence-corrected chi connectivity index (χ4v) is 3.82. The molecule has 0 bridgehead atoms. The fraction of sp³-hybridized carbons (Fsp3) is 0.588. The average Bonchev–Trinajstić information content (AvgIpc) is 2.99. The molecule has 3 nitrogen and oxygen atoms in total. The molecule has 1 heterocycles. The molecule has 3 rings (SSSR count). The van der Waals surface area contributed by atoms with E-state index in [9.17, 15) is 4.79 Å². The minimum absolute atomic E-state index is 0.176. The van der Waals surface area contributed by atoms with E-state index in [1.807, 2.05) is 12.1 Å². The van der Waals surface area contributed by atoms with Crippen molar-refractivity contribution in [1.82, 2.24) is 4.90 Å². The first-order chi connectivity index (χ1) is 9.72. The molecule has 1 fully saturated rings. The lowest BCUT2D eigenvalue weighted by atomic mass is 9.82. The van der Waals surface area contributed by atoms with Gasteiger partial charge >= 0.3 is 0 Å². The van der Waals surface area contributed by atoms with Crippen LogP contribution in [0.25, 0.3) is 0 Å². The zero-order valence-corrected chi connectivity index (χ0v) is 12.4. The summed E-state index contributed by atoms with van der Waals surface area (Å²) in [6, 6.07) is 4.33. The van der Waals surface area contributed by atoms with Gasteiger partial charge in [0.25, 0.3) is 0 Å². The van der Waals surface area contributed by atoms with E-state index < -0.39 is 0 Å². The molecule has 0 amide bonds. The second-order valence-electron chi connectivity index (χ2n) is 5.91. The summed E-state index contributed by atoms with van der Waals surface area (Å²) in [5.74, 6) is 1.13. The van der Waals surface area contributed by atoms with Crippen LogP contribution in [0.5, 0.6) is 5.75 Å². The Hall–Kier alpha value is -1.35. The highest BCUT2D eigenvalue weighted by Gasteiger charge is 2.32. The number of benzene rings is 1. The van der Waals surface area contributed by atoms with Gasteiger partial charge in [-0.25, -0.2) is 0 Å². The van der Waals surface area contributed by atoms with Crippen LogP contribution in [0, 0.1) is 0 Å². The number of ketones is 1. The normalized spacial score (nSPS) is 22.6. The van der Waals surface area contributed by atoms with Crippen molar-refractivity contribution < 1.29 is 9.53 Å². The number of ether oxygens (including phenoxy) is 1. The smallest absolute Gasteiger partial charge is 0.160 e. The van der Waals surface area contributed by atoms with Crippen LogP contribution in [-0.4, -0.2) is 30.9 Å². The van der Waals surface area contributed by atoms with Gasteiger partial charge in [-0.2, -0.15) is 0 Å². The third-order valence-corrected chi connectivity index (χ3v) is 4.73. The Labute approximate surface area is 120 Å². The quantitative estimate of drug-likeness (QED) is 0.791. The van der Waals surface area contributed by atoms with Crippen LogP contribution in [-0.2, 0) is 6.42 Å². The van der Waals surface area contributed by atoms with E-state index in [1.54, 1.807) is 14.0 Å². The molecule has 1 aliphatic carbocycles. The molecule has 2 aliphatic rings. The summed E-state index contributed by atoms with van der Waals surface area (Å²) >= 11 is 0. The Bertz CT molecular complexity index is 518. The van der Waals surface area contributed by atoms with Crippen molar-refractivity contribution in [2.24, 2.45) is 0 Å². The number of hydrogen-bond acceptors (Lipinski definition) is 3. The summed E-state index contributed by atoms with van der Waals surface area (Å²) < 4.78 is 5.53. The van der Waals surface area contributed by atoms with Gasteiger partial charge in [0.05, 0.1) is 7.11 Å². The summed E-state index contributed by atoms with van der Waals surface area (Å²) in [7, 11) is 1.72. The lowest BCUT2D eigenvalue weighted by molar-refractivity contribution is 0.101. The number of carbonyl (C=O) groups is 1. The Morgan fingerprint density at radius 2 is 2.00 bits per heavy atom. The van der Waals surface area contributed by atoms with Crippen molar-refractivity contribution in [2.45, 2.75) is 45.1 Å². The maximum atomic E-state index is 12.0. The van der Waals surface area contributed by atoms with Crippen molar-refractivity contribution in [1.29, 1.82) is 0 Å². The van der Waals surface area contributed by atoms with Crippen LogP contribution in [0.3, 0.4) is 0 Å². The van der Waals surface area contributed by atoms with Gasteiger partial charge in [-0.1, -0.05) is 0 Å². The molecular weight excluding hydrogens is 250 g/mol. The van der Waals surface area contributed by atoms with Crippen molar-refractivity contribution in [2.75, 3.05) is 20.2 Å². The predicted octanol–water partition coefficient (Wildman–Crippen LogP) is 3.37. The Morgan fingerprint density at radius 3 is 2.65 bits per heavy atom. The number of nitrogens with zero attached hydrogens (tertiary/aromatic N) is 1. The molecule has 1 aliphatic heterocycles. The number of carbonyl (C=O) groups excluding carboxylic acids is 1. The van der Waals surface area contributed by atoms with Gasteiger partial charge in [-0.05, 0) is 75.4 Å². The monoisotopic (exact) mass is 273 g/mol. The van der Waals surface area contributed by atoms with Crippen molar-refractivity contribution in [3.63, 3.8) is 0 Å². The molecule has 0 spiro atoms. The molecular formula is C17H23NO2. The van der Waals surface area contributed by atoms with E-state index in [0.29, 0.717) is 6.04 Å². The average molecular weight is 273 g/mol. The molecule has 0 radical (unpaired) electrons. The highest BCUT2D eigenvalue weighted by molar-refractivity contribution is 5.96. The summed E-state index contributed by atoms with van der Waals surface area (Å²) in [5.41, 5.74) is 3.42. The minimum atomic E-state index is 0.176. The minimum Gasteiger partial charge on any atom is -0.496 e. The van der Waals surface area contributed by atoms with Crippen LogP contribution in [0.1, 0.15) is 60.1 Å². The first kappa shape index (κ1) is 13.6. The van der Waals surface area contributed by atoms with Crippen LogP contribution in [0.15, 0.2) is 12.1 Å². The van der Waals surface area contributed by atoms with E-state index >= 15 is 0 Å². The summed E-state index contributed by atoms with van der Waals surface area (Å²) in [6.45, 7) is 4.01. The maximum absolute atomic E-state index is 12.0. The molecule has 1 aromatic carbocycles. The second-order valence-corrected chi connectivity index (χ2v) is 5.91. The first-order valence-corrected chi connectivity index (χ1v) is 7.67. The third kappa shape index (κ3) is 2.24. The number of hydrogen-bond donors (Lipinski definition) is 0. The largest absolute Gasteiger partial charge is 0.496 e. The number of fused-ring (bicyclic) bond motifs is 1. The zero-order chi connectivity index (χ0) is 14.1. The molecule has 20 heavy (non-hydrogen) atoms. The SMILES string of the molecule is COc1ccc(C(C)=O)c2c1CCC[C@H]2N1CCCC1. The zero-order valence-electron chi connectivity index (χ0n) is 12.4. The van der Waals surface area contributed by atoms with Crippen molar-refractivity contribution in [3.8, 4) is 5.75 Å². The molecule has 0 unspecified atom stereocenters. The highest BCUT2D eigenvalue weighted by Crippen LogP contribution is 2.41. The number of methoxy groups -OCH3 is 1. The standard InChI is InChI=1S/C17H23NO2/c1-12(19)13-8-9-16(20-2)14-6-5-7-15(17(13)14)18-10-3-4-11-18/h8-9,15H,3-7,10-11H2,1-2H3/t15-/m1/s1. The van der Waals surface area contributed by atoms with E-state index in [-0.39, 0.29) is 5.78 Å². The molecule has 0 aromatic heterocycles. The number of likely N-dealkylation sites (tertiary alicyclic amines) is 1. The van der Waals surface area contributed by atoms with Crippen molar-refractivity contribution >= 4 is 5.78 Å². The summed E-state index contributed by atoms with van der Waals surface area (Å²) in [5, 5.41) is 0. The molecule has 1 saturated heterocycles. The van der Waals surface area contributed by atoms with E-state index in [4.69, 9.17) is 4.74 Å². The molecule has 1 atom stereocenters. The Balaban J connectivity index is 2.10. The van der Waals surface area contributed by atoms with E-state index in [2.05, 4.69) is 4.90 Å². The summed E-state index contributed by atoms with van der Waals surface area (Å²) in [4.78, 5) is 14.6. The lowest BCUT2D eigenvalue weighted by Gasteiger charge is -2.35. The van der Waals surface area contributed by atoms with Gasteiger partial charge in [0.15, 0.2) is 5.78 Å². The second kappa shape index (κ2) is 5.57. The van der Waals surface area contributed by atoms with Crippen LogP contribution in [0.4, 0.5) is 0 Å². The highest BCUT2D eigenvalue weighted by atomic mass is 16.5. The Kier molecular flexibility index (Phi) is 3.79. The lowest BCUT2D eigenvalue weighted by Crippen LogP contribution is -2.30. The maximum Gasteiger partial charge on any atom is 0.160 e. The first-order valence-electron chi connectivity index (χ1n) is 7.67. The number of rotatable bonds is 3. The van der Waals surface area contributed by atoms with Gasteiger partial charge in [0.1, 0.15) is 5.75 Å². The van der Waals surface area contributed by atoms with Gasteiger partial charge in [-0.3, -0.25) is 9.69 Å². The molecule has 0 saturated carbocycles. The van der Waals surface area contributed by atoms with Gasteiger partial charge in [0, 0.05) is 11.6 Å². The summed E-state index contributed by atoms with van der Waals surface area (Å²) in [6.07, 6.45) is 5.95. The van der Waals surface area contributed by atoms with Gasteiger partial charge in [-0.15, -0.1) is 0 Å². The van der Waals surface area contributed by atoms with Crippen molar-refractivity contribution in [3.05, 3.63) is 28.8 Å². The van der Waals surface area contributed by atoms with Crippen LogP contribution in [0.2, 0.25) is 0 Å². The van der Waals surface area contributed by atoms with Crippen LogP contribution < -0.4 is 4.74 Å². The van der Waals surface area contributed by atoms with E-state index in [1.165, 1.54) is 49.9 Å². The fourth-order valence-electron chi connectivity index (χ4n) is 3.82. The Morgan fingerprint density at radius 1 is 1.25 bits per heavy atom. The molecule has 3 heteroatoms. The van der Waals surface area contributed by atoms with Crippen LogP contribution >= 0.6 is 0 Å². The molecule has 1 aromatic rings. The molecule has 108 valence electrons. The predicted molar refractivity (Wildman–Crippen MR) is 79.5 cm³/mol. The topological polar surface area (TPSA) is 29.5 Å². The van der Waals surface area contributed by atoms with Gasteiger partial charge < -0.3 is 4.74 Å².